The van der Waals surface area contributed by atoms with Crippen molar-refractivity contribution in [2.75, 3.05) is 19.8 Å². The highest BCUT2D eigenvalue weighted by Gasteiger charge is 2.18. The number of amides is 1. The Bertz CT molecular complexity index is 1000. The number of hydrogen-bond acceptors (Lipinski definition) is 4. The molecule has 2 atom stereocenters. The van der Waals surface area contributed by atoms with Crippen LogP contribution in [0.4, 0.5) is 0 Å². The molecule has 1 amide bonds. The van der Waals surface area contributed by atoms with Gasteiger partial charge in [-0.1, -0.05) is 30.3 Å². The van der Waals surface area contributed by atoms with Crippen LogP contribution in [0.2, 0.25) is 0 Å². The largest absolute Gasteiger partial charge is 0.348 e. The highest BCUT2D eigenvalue weighted by atomic mass is 32.2. The van der Waals surface area contributed by atoms with Crippen LogP contribution < -0.4 is 5.32 Å². The van der Waals surface area contributed by atoms with Crippen LogP contribution in [-0.2, 0) is 27.5 Å². The van der Waals surface area contributed by atoms with Gasteiger partial charge >= 0.3 is 0 Å². The van der Waals surface area contributed by atoms with E-state index >= 15 is 0 Å². The second-order valence-corrected chi connectivity index (χ2v) is 10.5. The van der Waals surface area contributed by atoms with Crippen molar-refractivity contribution in [3.63, 3.8) is 0 Å². The number of sulfone groups is 1. The molecule has 0 aromatic heterocycles. The third kappa shape index (κ3) is 5.49. The predicted molar refractivity (Wildman–Crippen MR) is 120 cm³/mol. The lowest BCUT2D eigenvalue weighted by Gasteiger charge is -2.26. The van der Waals surface area contributed by atoms with E-state index in [2.05, 4.69) is 23.5 Å². The Balaban J connectivity index is 1.58. The van der Waals surface area contributed by atoms with Crippen LogP contribution in [0, 0.1) is 0 Å². The van der Waals surface area contributed by atoms with E-state index in [1.807, 2.05) is 37.9 Å². The molecule has 0 radical (unpaired) electrons. The summed E-state index contributed by atoms with van der Waals surface area (Å²) >= 11 is 0. The van der Waals surface area contributed by atoms with E-state index in [9.17, 15) is 13.2 Å². The Morgan fingerprint density at radius 2 is 1.60 bits per heavy atom. The number of fused-ring (bicyclic) bond motifs is 1. The quantitative estimate of drug-likeness (QED) is 0.728. The Morgan fingerprint density at radius 3 is 2.23 bits per heavy atom. The number of carbonyl (C=O) groups excluding carboxylic acids is 1. The molecule has 0 fully saturated rings. The van der Waals surface area contributed by atoms with Gasteiger partial charge in [-0.2, -0.15) is 0 Å². The summed E-state index contributed by atoms with van der Waals surface area (Å²) in [4.78, 5) is 14.9. The Kier molecular flexibility index (Phi) is 6.98. The average molecular weight is 429 g/mol. The molecule has 6 heteroatoms. The van der Waals surface area contributed by atoms with Crippen LogP contribution in [0.25, 0.3) is 0 Å². The summed E-state index contributed by atoms with van der Waals surface area (Å²) in [6, 6.07) is 13.4. The minimum absolute atomic E-state index is 0.0107. The van der Waals surface area contributed by atoms with Crippen molar-refractivity contribution < 1.29 is 13.2 Å². The number of likely N-dealkylation sites (N-methyl/N-ethyl adjacent to an activating group) is 1. The fourth-order valence-corrected chi connectivity index (χ4v) is 4.64. The molecule has 0 saturated carbocycles. The summed E-state index contributed by atoms with van der Waals surface area (Å²) < 4.78 is 23.3. The average Bonchev–Trinajstić information content (AvgIpc) is 2.72. The fourth-order valence-electron chi connectivity index (χ4n) is 4.00. The third-order valence-electron chi connectivity index (χ3n) is 6.09. The molecule has 2 aromatic rings. The Labute approximate surface area is 180 Å². The number of carbonyl (C=O) groups is 1. The van der Waals surface area contributed by atoms with Crippen molar-refractivity contribution in [3.05, 3.63) is 64.7 Å². The number of benzene rings is 2. The summed E-state index contributed by atoms with van der Waals surface area (Å²) in [7, 11) is -1.31. The first kappa shape index (κ1) is 22.5. The van der Waals surface area contributed by atoms with Gasteiger partial charge in [0.05, 0.1) is 17.5 Å². The molecule has 0 heterocycles. The molecule has 2 aromatic carbocycles. The first-order valence-corrected chi connectivity index (χ1v) is 12.5. The topological polar surface area (TPSA) is 66.5 Å². The molecule has 1 aliphatic rings. The molecule has 162 valence electrons. The van der Waals surface area contributed by atoms with Crippen LogP contribution in [0.3, 0.4) is 0 Å². The van der Waals surface area contributed by atoms with Gasteiger partial charge in [0.2, 0.25) is 5.91 Å². The Hall–Kier alpha value is -2.18. The number of hydrogen-bond donors (Lipinski definition) is 1. The number of aryl methyl sites for hydroxylation is 2. The second kappa shape index (κ2) is 9.31. The van der Waals surface area contributed by atoms with Crippen molar-refractivity contribution in [1.82, 2.24) is 10.2 Å². The van der Waals surface area contributed by atoms with Gasteiger partial charge in [0.25, 0.3) is 0 Å². The van der Waals surface area contributed by atoms with E-state index in [4.69, 9.17) is 0 Å². The van der Waals surface area contributed by atoms with Gasteiger partial charge in [-0.3, -0.25) is 9.69 Å². The molecule has 3 rings (SSSR count). The minimum atomic E-state index is -3.21. The normalized spacial score (nSPS) is 16.0. The highest BCUT2D eigenvalue weighted by Crippen LogP contribution is 2.25. The van der Waals surface area contributed by atoms with Gasteiger partial charge in [-0.15, -0.1) is 0 Å². The van der Waals surface area contributed by atoms with Crippen LogP contribution in [-0.4, -0.2) is 39.1 Å². The lowest BCUT2D eigenvalue weighted by molar-refractivity contribution is -0.123. The number of nitrogens with one attached hydrogen (secondary N) is 1. The molecule has 0 saturated heterocycles. The molecule has 5 nitrogen and oxygen atoms in total. The van der Waals surface area contributed by atoms with E-state index in [0.717, 1.165) is 24.0 Å². The van der Waals surface area contributed by atoms with Crippen LogP contribution in [0.5, 0.6) is 0 Å². The highest BCUT2D eigenvalue weighted by molar-refractivity contribution is 7.90. The third-order valence-corrected chi connectivity index (χ3v) is 7.22. The SMILES string of the molecule is C[C@H](NC(=O)CN(C)[C@@H](C)c1ccc(S(C)(=O)=O)cc1)c1ccc2c(c1)CCCC2. The lowest BCUT2D eigenvalue weighted by Crippen LogP contribution is -2.37. The monoisotopic (exact) mass is 428 g/mol. The minimum Gasteiger partial charge on any atom is -0.348 e. The van der Waals surface area contributed by atoms with Crippen LogP contribution in [0.15, 0.2) is 47.4 Å². The number of rotatable bonds is 7. The Morgan fingerprint density at radius 1 is 1.00 bits per heavy atom. The molecule has 0 spiro atoms. The van der Waals surface area contributed by atoms with E-state index in [1.165, 1.54) is 30.2 Å². The van der Waals surface area contributed by atoms with Crippen molar-refractivity contribution in [2.45, 2.75) is 56.5 Å². The van der Waals surface area contributed by atoms with Crippen LogP contribution >= 0.6 is 0 Å². The van der Waals surface area contributed by atoms with Crippen molar-refractivity contribution in [1.29, 1.82) is 0 Å². The summed E-state index contributed by atoms with van der Waals surface area (Å²) in [5, 5.41) is 3.11. The summed E-state index contributed by atoms with van der Waals surface area (Å²) in [5.74, 6) is -0.0256. The molecule has 0 bridgehead atoms. The predicted octanol–water partition coefficient (Wildman–Crippen LogP) is 3.84. The lowest BCUT2D eigenvalue weighted by atomic mass is 9.89. The van der Waals surface area contributed by atoms with Gasteiger partial charge in [0.15, 0.2) is 9.84 Å². The van der Waals surface area contributed by atoms with E-state index < -0.39 is 9.84 Å². The van der Waals surface area contributed by atoms with E-state index in [0.29, 0.717) is 4.90 Å². The van der Waals surface area contributed by atoms with Gasteiger partial charge in [-0.25, -0.2) is 8.42 Å². The first-order chi connectivity index (χ1) is 14.1. The summed E-state index contributed by atoms with van der Waals surface area (Å²) in [5.41, 5.74) is 4.98. The van der Waals surface area contributed by atoms with E-state index in [1.54, 1.807) is 12.1 Å². The molecule has 1 aliphatic carbocycles. The van der Waals surface area contributed by atoms with Crippen molar-refractivity contribution in [3.8, 4) is 0 Å². The van der Waals surface area contributed by atoms with Gasteiger partial charge in [0, 0.05) is 12.3 Å². The van der Waals surface area contributed by atoms with Crippen LogP contribution in [0.1, 0.15) is 61.0 Å². The molecule has 0 aliphatic heterocycles. The van der Waals surface area contributed by atoms with Gasteiger partial charge in [0.1, 0.15) is 0 Å². The first-order valence-electron chi connectivity index (χ1n) is 10.6. The molecule has 1 N–H and O–H groups in total. The van der Waals surface area contributed by atoms with E-state index in [-0.39, 0.29) is 24.5 Å². The molecular weight excluding hydrogens is 396 g/mol. The zero-order valence-electron chi connectivity index (χ0n) is 18.3. The maximum Gasteiger partial charge on any atom is 0.234 e. The van der Waals surface area contributed by atoms with Crippen molar-refractivity contribution >= 4 is 15.7 Å². The molecular formula is C24H32N2O3S. The van der Waals surface area contributed by atoms with Gasteiger partial charge < -0.3 is 5.32 Å². The second-order valence-electron chi connectivity index (χ2n) is 8.46. The maximum atomic E-state index is 12.6. The molecule has 30 heavy (non-hydrogen) atoms. The fraction of sp³-hybridized carbons (Fsp3) is 0.458. The zero-order chi connectivity index (χ0) is 21.9. The zero-order valence-corrected chi connectivity index (χ0v) is 19.1. The number of nitrogens with zero attached hydrogens (tertiary/aromatic N) is 1. The maximum absolute atomic E-state index is 12.6. The summed E-state index contributed by atoms with van der Waals surface area (Å²) in [6.07, 6.45) is 5.99. The van der Waals surface area contributed by atoms with Crippen molar-refractivity contribution in [2.24, 2.45) is 0 Å². The standard InChI is InChI=1S/C24H32N2O3S/c1-17(21-10-9-20-7-5-6-8-22(20)15-21)25-24(27)16-26(3)18(2)19-11-13-23(14-12-19)30(4,28)29/h9-15,17-18H,5-8,16H2,1-4H3,(H,25,27)/t17-,18-/m0/s1. The van der Waals surface area contributed by atoms with Gasteiger partial charge in [-0.05, 0) is 81.0 Å². The summed E-state index contributed by atoms with van der Waals surface area (Å²) in [6.45, 7) is 4.30. The molecule has 0 unspecified atom stereocenters. The smallest absolute Gasteiger partial charge is 0.234 e.